The zero-order chi connectivity index (χ0) is 17.8. The van der Waals surface area contributed by atoms with Gasteiger partial charge in [0.05, 0.1) is 5.69 Å². The van der Waals surface area contributed by atoms with Crippen LogP contribution in [0, 0.1) is 11.6 Å². The minimum atomic E-state index is -1.02. The van der Waals surface area contributed by atoms with Crippen molar-refractivity contribution < 1.29 is 8.78 Å². The van der Waals surface area contributed by atoms with Gasteiger partial charge in [0, 0.05) is 30.0 Å². The lowest BCUT2D eigenvalue weighted by Crippen LogP contribution is -2.24. The monoisotopic (exact) mass is 361 g/mol. The van der Waals surface area contributed by atoms with Crippen molar-refractivity contribution in [1.29, 1.82) is 0 Å². The molecule has 0 bridgehead atoms. The molecule has 0 spiro atoms. The summed E-state index contributed by atoms with van der Waals surface area (Å²) in [6.45, 7) is 0.492. The Kier molecular flexibility index (Phi) is 5.09. The van der Waals surface area contributed by atoms with Crippen molar-refractivity contribution in [2.24, 2.45) is 0 Å². The van der Waals surface area contributed by atoms with Gasteiger partial charge in [-0.2, -0.15) is 0 Å². The van der Waals surface area contributed by atoms with E-state index in [1.165, 1.54) is 23.0 Å². The summed E-state index contributed by atoms with van der Waals surface area (Å²) >= 11 is 5.84. The van der Waals surface area contributed by atoms with Crippen molar-refractivity contribution in [3.05, 3.63) is 87.4 Å². The van der Waals surface area contributed by atoms with E-state index in [1.54, 1.807) is 12.1 Å². The van der Waals surface area contributed by atoms with Gasteiger partial charge in [0.25, 0.3) is 5.56 Å². The van der Waals surface area contributed by atoms with Crippen LogP contribution in [-0.4, -0.2) is 16.1 Å². The van der Waals surface area contributed by atoms with E-state index in [2.05, 4.69) is 10.3 Å². The number of nitrogens with zero attached hydrogens (tertiary/aromatic N) is 2. The molecule has 0 atom stereocenters. The summed E-state index contributed by atoms with van der Waals surface area (Å²) in [6.07, 6.45) is 3.50. The van der Waals surface area contributed by atoms with Crippen molar-refractivity contribution >= 4 is 17.4 Å². The zero-order valence-electron chi connectivity index (χ0n) is 13.0. The number of halogens is 3. The molecule has 0 saturated heterocycles. The highest BCUT2D eigenvalue weighted by molar-refractivity contribution is 6.30. The molecule has 3 rings (SSSR count). The summed E-state index contributed by atoms with van der Waals surface area (Å²) in [7, 11) is 0. The van der Waals surface area contributed by atoms with Crippen LogP contribution in [0.4, 0.5) is 14.6 Å². The van der Waals surface area contributed by atoms with E-state index < -0.39 is 17.2 Å². The quantitative estimate of drug-likeness (QED) is 0.751. The summed E-state index contributed by atoms with van der Waals surface area (Å²) in [5, 5.41) is 3.63. The van der Waals surface area contributed by atoms with Gasteiger partial charge in [0.2, 0.25) is 0 Å². The summed E-state index contributed by atoms with van der Waals surface area (Å²) in [5.74, 6) is -1.84. The van der Waals surface area contributed by atoms with Gasteiger partial charge < -0.3 is 5.32 Å². The average molecular weight is 362 g/mol. The summed E-state index contributed by atoms with van der Waals surface area (Å²) in [4.78, 5) is 16.5. The van der Waals surface area contributed by atoms with Gasteiger partial charge in [-0.05, 0) is 36.2 Å². The molecule has 4 nitrogen and oxygen atoms in total. The lowest BCUT2D eigenvalue weighted by molar-refractivity contribution is 0.508. The molecule has 0 aliphatic carbocycles. The van der Waals surface area contributed by atoms with Crippen LogP contribution in [-0.2, 0) is 6.42 Å². The normalized spacial score (nSPS) is 10.7. The third-order valence-corrected chi connectivity index (χ3v) is 3.89. The van der Waals surface area contributed by atoms with Gasteiger partial charge in [-0.3, -0.25) is 9.36 Å². The molecule has 0 aliphatic heterocycles. The first-order valence-electron chi connectivity index (χ1n) is 7.56. The highest BCUT2D eigenvalue weighted by Crippen LogP contribution is 2.12. The smallest absolute Gasteiger partial charge is 0.297 e. The van der Waals surface area contributed by atoms with Crippen LogP contribution < -0.4 is 10.9 Å². The molecule has 0 amide bonds. The molecule has 0 saturated carbocycles. The predicted octanol–water partition coefficient (Wildman–Crippen LogP) is 3.82. The van der Waals surface area contributed by atoms with E-state index in [-0.39, 0.29) is 11.5 Å². The lowest BCUT2D eigenvalue weighted by atomic mass is 10.1. The van der Waals surface area contributed by atoms with Gasteiger partial charge in [-0.15, -0.1) is 0 Å². The molecular formula is C18H14ClF2N3O. The molecule has 0 unspecified atom stereocenters. The Bertz CT molecular complexity index is 942. The second kappa shape index (κ2) is 7.44. The molecule has 2 aromatic carbocycles. The standard InChI is InChI=1S/C18H14ClF2N3O/c19-13-3-1-12(2-4-13)7-8-22-17-18(25)24(10-9-23-17)14-5-6-15(20)16(21)11-14/h1-6,9-11H,7-8H2,(H,22,23). The highest BCUT2D eigenvalue weighted by Gasteiger charge is 2.09. The van der Waals surface area contributed by atoms with Crippen molar-refractivity contribution in [2.45, 2.75) is 6.42 Å². The van der Waals surface area contributed by atoms with Crippen LogP contribution in [0.1, 0.15) is 5.56 Å². The minimum Gasteiger partial charge on any atom is -0.365 e. The molecule has 25 heavy (non-hydrogen) atoms. The van der Waals surface area contributed by atoms with Crippen LogP contribution in [0.25, 0.3) is 5.69 Å². The zero-order valence-corrected chi connectivity index (χ0v) is 13.8. The minimum absolute atomic E-state index is 0.140. The fourth-order valence-corrected chi connectivity index (χ4v) is 2.47. The molecule has 1 heterocycles. The maximum absolute atomic E-state index is 13.4. The number of anilines is 1. The van der Waals surface area contributed by atoms with E-state index in [0.29, 0.717) is 18.0 Å². The molecule has 0 radical (unpaired) electrons. The number of rotatable bonds is 5. The Balaban J connectivity index is 1.75. The fourth-order valence-electron chi connectivity index (χ4n) is 2.35. The van der Waals surface area contributed by atoms with Gasteiger partial charge in [0.1, 0.15) is 0 Å². The van der Waals surface area contributed by atoms with Crippen molar-refractivity contribution in [3.63, 3.8) is 0 Å². The molecule has 1 N–H and O–H groups in total. The molecular weight excluding hydrogens is 348 g/mol. The topological polar surface area (TPSA) is 46.9 Å². The van der Waals surface area contributed by atoms with Gasteiger partial charge in [0.15, 0.2) is 17.5 Å². The Morgan fingerprint density at radius 1 is 1.08 bits per heavy atom. The largest absolute Gasteiger partial charge is 0.365 e. The van der Waals surface area contributed by atoms with Crippen LogP contribution in [0.5, 0.6) is 0 Å². The first kappa shape index (κ1) is 17.1. The predicted molar refractivity (Wildman–Crippen MR) is 93.4 cm³/mol. The van der Waals surface area contributed by atoms with Crippen molar-refractivity contribution in [3.8, 4) is 5.69 Å². The Morgan fingerprint density at radius 3 is 2.56 bits per heavy atom. The Labute approximate surface area is 147 Å². The number of hydrogen-bond acceptors (Lipinski definition) is 3. The Morgan fingerprint density at radius 2 is 1.84 bits per heavy atom. The van der Waals surface area contributed by atoms with Crippen LogP contribution in [0.2, 0.25) is 5.02 Å². The highest BCUT2D eigenvalue weighted by atomic mass is 35.5. The number of aromatic nitrogens is 2. The van der Waals surface area contributed by atoms with Crippen LogP contribution in [0.15, 0.2) is 59.7 Å². The Hall–Kier alpha value is -2.73. The number of nitrogens with one attached hydrogen (secondary N) is 1. The van der Waals surface area contributed by atoms with E-state index in [1.807, 2.05) is 12.1 Å². The SMILES string of the molecule is O=c1c(NCCc2ccc(Cl)cc2)nccn1-c1ccc(F)c(F)c1. The molecule has 1 aromatic heterocycles. The fraction of sp³-hybridized carbons (Fsp3) is 0.111. The van der Waals surface area contributed by atoms with Crippen LogP contribution in [0.3, 0.4) is 0 Å². The molecule has 128 valence electrons. The van der Waals surface area contributed by atoms with Crippen molar-refractivity contribution in [1.82, 2.24) is 9.55 Å². The van der Waals surface area contributed by atoms with E-state index >= 15 is 0 Å². The molecule has 0 aliphatic rings. The third-order valence-electron chi connectivity index (χ3n) is 3.64. The number of benzene rings is 2. The summed E-state index contributed by atoms with van der Waals surface area (Å²) in [6, 6.07) is 10.7. The van der Waals surface area contributed by atoms with Crippen LogP contribution >= 0.6 is 11.6 Å². The molecule has 0 fully saturated rings. The van der Waals surface area contributed by atoms with E-state index in [4.69, 9.17) is 11.6 Å². The van der Waals surface area contributed by atoms with Gasteiger partial charge in [-0.25, -0.2) is 13.8 Å². The third kappa shape index (κ3) is 4.03. The lowest BCUT2D eigenvalue weighted by Gasteiger charge is -2.09. The van der Waals surface area contributed by atoms with Gasteiger partial charge in [-0.1, -0.05) is 23.7 Å². The van der Waals surface area contributed by atoms with Gasteiger partial charge >= 0.3 is 0 Å². The molecule has 7 heteroatoms. The first-order chi connectivity index (χ1) is 12.0. The second-order valence-corrected chi connectivity index (χ2v) is 5.79. The second-order valence-electron chi connectivity index (χ2n) is 5.35. The summed E-state index contributed by atoms with van der Waals surface area (Å²) in [5.41, 5.74) is 0.852. The average Bonchev–Trinajstić information content (AvgIpc) is 2.61. The van der Waals surface area contributed by atoms with E-state index in [9.17, 15) is 13.6 Å². The number of hydrogen-bond donors (Lipinski definition) is 1. The first-order valence-corrected chi connectivity index (χ1v) is 7.94. The molecule has 3 aromatic rings. The van der Waals surface area contributed by atoms with Crippen molar-refractivity contribution in [2.75, 3.05) is 11.9 Å². The maximum atomic E-state index is 13.4. The van der Waals surface area contributed by atoms with E-state index in [0.717, 1.165) is 17.7 Å². The summed E-state index contributed by atoms with van der Waals surface area (Å²) < 4.78 is 27.6. The maximum Gasteiger partial charge on any atom is 0.297 e.